The average molecular weight is 662 g/mol. The van der Waals surface area contributed by atoms with E-state index < -0.39 is 15.6 Å². The summed E-state index contributed by atoms with van der Waals surface area (Å²) in [4.78, 5) is 19.5. The van der Waals surface area contributed by atoms with E-state index in [1.807, 2.05) is 0 Å². The van der Waals surface area contributed by atoms with Crippen LogP contribution in [-0.2, 0) is 27.2 Å². The molecule has 0 aromatic carbocycles. The zero-order chi connectivity index (χ0) is 32.3. The van der Waals surface area contributed by atoms with Crippen LogP contribution in [0.4, 0.5) is 0 Å². The molecule has 0 aromatic rings. The molecule has 0 heterocycles. The molecule has 264 valence electrons. The predicted octanol–water partition coefficient (Wildman–Crippen LogP) is 11.3. The minimum Gasteiger partial charge on any atom is -0.344 e. The summed E-state index contributed by atoms with van der Waals surface area (Å²) < 4.78 is 44.5. The molecule has 0 spiro atoms. The van der Waals surface area contributed by atoms with Crippen molar-refractivity contribution in [3.63, 3.8) is 0 Å². The van der Waals surface area contributed by atoms with Crippen LogP contribution < -0.4 is 6.15 Å². The van der Waals surface area contributed by atoms with E-state index in [9.17, 15) is 18.9 Å². The van der Waals surface area contributed by atoms with E-state index in [-0.39, 0.29) is 6.15 Å². The Morgan fingerprint density at radius 2 is 0.628 bits per heavy atom. The van der Waals surface area contributed by atoms with Gasteiger partial charge in [-0.25, -0.2) is 9.13 Å². The number of rotatable bonds is 28. The summed E-state index contributed by atoms with van der Waals surface area (Å²) in [6.07, 6.45) is 17.1. The van der Waals surface area contributed by atoms with Crippen LogP contribution >= 0.6 is 15.6 Å². The highest BCUT2D eigenvalue weighted by molar-refractivity contribution is 7.47. The molecular formula is C32H73NO8P2. The Balaban J connectivity index is -0.000000727. The average Bonchev–Trinajstić information content (AvgIpc) is 2.98. The first kappa shape index (κ1) is 47.6. The van der Waals surface area contributed by atoms with Gasteiger partial charge >= 0.3 is 15.6 Å². The van der Waals surface area contributed by atoms with Crippen LogP contribution in [0.2, 0.25) is 0 Å². The molecule has 4 atom stereocenters. The van der Waals surface area contributed by atoms with Gasteiger partial charge in [0.2, 0.25) is 0 Å². The van der Waals surface area contributed by atoms with Crippen LogP contribution in [0.25, 0.3) is 0 Å². The second-order valence-electron chi connectivity index (χ2n) is 11.8. The van der Waals surface area contributed by atoms with Gasteiger partial charge in [-0.3, -0.25) is 18.1 Å². The van der Waals surface area contributed by atoms with E-state index in [2.05, 4.69) is 55.4 Å². The van der Waals surface area contributed by atoms with Gasteiger partial charge in [-0.1, -0.05) is 132 Å². The Bertz CT molecular complexity index is 582. The van der Waals surface area contributed by atoms with Gasteiger partial charge < -0.3 is 15.9 Å². The first-order valence-corrected chi connectivity index (χ1v) is 20.2. The molecule has 0 bridgehead atoms. The number of unbranched alkanes of at least 4 members (excludes halogenated alkanes) is 4. The fourth-order valence-corrected chi connectivity index (χ4v) is 6.21. The summed E-state index contributed by atoms with van der Waals surface area (Å²) >= 11 is 0. The Labute approximate surface area is 266 Å². The van der Waals surface area contributed by atoms with Crippen LogP contribution in [0.5, 0.6) is 0 Å². The molecule has 43 heavy (non-hydrogen) atoms. The molecule has 9 nitrogen and oxygen atoms in total. The fraction of sp³-hybridized carbons (Fsp3) is 1.00. The van der Waals surface area contributed by atoms with Crippen molar-refractivity contribution in [1.29, 1.82) is 0 Å². The molecule has 0 aliphatic rings. The number of hydrogen-bond acceptors (Lipinski definition) is 7. The molecule has 0 aromatic heterocycles. The monoisotopic (exact) mass is 661 g/mol. The highest BCUT2D eigenvalue weighted by atomic mass is 31.2. The molecular weight excluding hydrogens is 588 g/mol. The molecule has 0 aliphatic carbocycles. The molecule has 0 saturated heterocycles. The largest absolute Gasteiger partial charge is 0.472 e. The van der Waals surface area contributed by atoms with Gasteiger partial charge in [0.05, 0.1) is 26.4 Å². The summed E-state index contributed by atoms with van der Waals surface area (Å²) in [5, 5.41) is 0. The van der Waals surface area contributed by atoms with E-state index in [4.69, 9.17) is 18.1 Å². The summed E-state index contributed by atoms with van der Waals surface area (Å²) in [5.74, 6) is 1.37. The maximum Gasteiger partial charge on any atom is 0.472 e. The minimum absolute atomic E-state index is 0. The minimum atomic E-state index is -3.89. The molecule has 0 amide bonds. The van der Waals surface area contributed by atoms with Gasteiger partial charge in [0, 0.05) is 0 Å². The van der Waals surface area contributed by atoms with Crippen LogP contribution in [0.3, 0.4) is 0 Å². The highest BCUT2D eigenvalue weighted by Crippen LogP contribution is 2.45. The third-order valence-corrected chi connectivity index (χ3v) is 9.97. The zero-order valence-corrected chi connectivity index (χ0v) is 31.2. The van der Waals surface area contributed by atoms with Gasteiger partial charge in [0.25, 0.3) is 0 Å². The van der Waals surface area contributed by atoms with Crippen LogP contribution in [0.15, 0.2) is 0 Å². The molecule has 0 rings (SSSR count). The molecule has 5 N–H and O–H groups in total. The van der Waals surface area contributed by atoms with Crippen molar-refractivity contribution in [3.8, 4) is 0 Å². The van der Waals surface area contributed by atoms with Gasteiger partial charge in [-0.05, 0) is 49.4 Å². The fourth-order valence-electron chi connectivity index (χ4n) is 4.47. The Morgan fingerprint density at radius 3 is 0.767 bits per heavy atom. The third kappa shape index (κ3) is 29.3. The Kier molecular flexibility index (Phi) is 34.1. The lowest BCUT2D eigenvalue weighted by atomic mass is 10.0. The van der Waals surface area contributed by atoms with Crippen molar-refractivity contribution in [3.05, 3.63) is 0 Å². The summed E-state index contributed by atoms with van der Waals surface area (Å²) in [5.41, 5.74) is 0. The standard InChI is InChI=1S/2C16H35O4P.H3N/c2*1-5-9-11-15(7-3)13-19-21(17,18)20-14-16(8-4)12-10-6-2;/h2*15-16H,5-14H2,1-4H3,(H,17,18);1H3. The lowest BCUT2D eigenvalue weighted by molar-refractivity contribution is 0.109. The maximum atomic E-state index is 11.9. The smallest absolute Gasteiger partial charge is 0.344 e. The second kappa shape index (κ2) is 30.8. The van der Waals surface area contributed by atoms with E-state index in [1.165, 1.54) is 0 Å². The Hall–Kier alpha value is 0.180. The molecule has 0 fully saturated rings. The summed E-state index contributed by atoms with van der Waals surface area (Å²) in [6.45, 7) is 18.2. The molecule has 4 unspecified atom stereocenters. The van der Waals surface area contributed by atoms with Crippen molar-refractivity contribution in [2.24, 2.45) is 23.7 Å². The van der Waals surface area contributed by atoms with Crippen LogP contribution in [0, 0.1) is 23.7 Å². The quantitative estimate of drug-likeness (QED) is 0.0697. The van der Waals surface area contributed by atoms with Crippen molar-refractivity contribution < 1.29 is 37.0 Å². The van der Waals surface area contributed by atoms with Gasteiger partial charge in [0.1, 0.15) is 0 Å². The first-order valence-electron chi connectivity index (χ1n) is 17.2. The van der Waals surface area contributed by atoms with Crippen LogP contribution in [0.1, 0.15) is 158 Å². The first-order chi connectivity index (χ1) is 20.0. The van der Waals surface area contributed by atoms with Crippen molar-refractivity contribution in [1.82, 2.24) is 6.15 Å². The van der Waals surface area contributed by atoms with Crippen molar-refractivity contribution in [2.45, 2.75) is 158 Å². The molecule has 0 saturated carbocycles. The molecule has 0 aliphatic heterocycles. The van der Waals surface area contributed by atoms with E-state index in [1.54, 1.807) is 0 Å². The van der Waals surface area contributed by atoms with Crippen molar-refractivity contribution >= 4 is 15.6 Å². The Morgan fingerprint density at radius 1 is 0.442 bits per heavy atom. The van der Waals surface area contributed by atoms with Crippen LogP contribution in [-0.4, -0.2) is 36.2 Å². The SMILES string of the molecule is CCCCC(CC)COP(=O)(O)OCC(CC)CCCC.CCCCC(CC)COP(=O)(O)OCC(CC)CCCC.N. The third-order valence-electron chi connectivity index (χ3n) is 8.07. The lowest BCUT2D eigenvalue weighted by Crippen LogP contribution is -2.12. The molecule has 0 radical (unpaired) electrons. The maximum absolute atomic E-state index is 11.9. The molecule has 11 heteroatoms. The topological polar surface area (TPSA) is 147 Å². The zero-order valence-electron chi connectivity index (χ0n) is 29.4. The van der Waals surface area contributed by atoms with Gasteiger partial charge in [-0.15, -0.1) is 0 Å². The van der Waals surface area contributed by atoms with E-state index in [0.29, 0.717) is 50.1 Å². The normalized spacial score (nSPS) is 17.0. The predicted molar refractivity (Wildman–Crippen MR) is 182 cm³/mol. The number of phosphoric ester groups is 2. The summed E-state index contributed by atoms with van der Waals surface area (Å²) in [6, 6.07) is 0. The van der Waals surface area contributed by atoms with Crippen molar-refractivity contribution in [2.75, 3.05) is 26.4 Å². The van der Waals surface area contributed by atoms with E-state index >= 15 is 0 Å². The number of hydrogen-bond donors (Lipinski definition) is 3. The number of phosphoric acid groups is 2. The second-order valence-corrected chi connectivity index (χ2v) is 14.7. The lowest BCUT2D eigenvalue weighted by Gasteiger charge is -2.20. The highest BCUT2D eigenvalue weighted by Gasteiger charge is 2.25. The van der Waals surface area contributed by atoms with E-state index in [0.717, 1.165) is 103 Å². The van der Waals surface area contributed by atoms with Gasteiger partial charge in [0.15, 0.2) is 0 Å². The van der Waals surface area contributed by atoms with Gasteiger partial charge in [-0.2, -0.15) is 0 Å². The summed E-state index contributed by atoms with van der Waals surface area (Å²) in [7, 11) is -7.78.